The number of carbonyl (C=O) groups is 1. The van der Waals surface area contributed by atoms with E-state index >= 15 is 0 Å². The van der Waals surface area contributed by atoms with Crippen molar-refractivity contribution in [1.29, 1.82) is 0 Å². The molecule has 0 spiro atoms. The molecule has 0 atom stereocenters. The number of fused-ring (bicyclic) bond motifs is 1. The number of hydrogen-bond donors (Lipinski definition) is 1. The number of pyridine rings is 1. The Hall–Kier alpha value is -2.45. The summed E-state index contributed by atoms with van der Waals surface area (Å²) in [6.07, 6.45) is 0. The first-order chi connectivity index (χ1) is 13.1. The van der Waals surface area contributed by atoms with Crippen molar-refractivity contribution in [3.05, 3.63) is 46.0 Å². The minimum absolute atomic E-state index is 0.0686. The van der Waals surface area contributed by atoms with Crippen LogP contribution in [0.1, 0.15) is 5.69 Å². The highest BCUT2D eigenvalue weighted by Gasteiger charge is 2.26. The summed E-state index contributed by atoms with van der Waals surface area (Å²) >= 11 is 0. The van der Waals surface area contributed by atoms with Crippen molar-refractivity contribution in [2.24, 2.45) is 0 Å². The zero-order valence-electron chi connectivity index (χ0n) is 15.1. The molecular weight excluding hydrogens is 351 g/mol. The van der Waals surface area contributed by atoms with E-state index in [4.69, 9.17) is 4.74 Å². The van der Waals surface area contributed by atoms with E-state index in [1.165, 1.54) is 18.2 Å². The second-order valence-electron chi connectivity index (χ2n) is 6.97. The highest BCUT2D eigenvalue weighted by Crippen LogP contribution is 2.14. The molecule has 1 aromatic carbocycles. The number of halogens is 1. The van der Waals surface area contributed by atoms with E-state index in [9.17, 15) is 14.0 Å². The van der Waals surface area contributed by atoms with E-state index in [0.29, 0.717) is 70.1 Å². The molecule has 4 rings (SSSR count). The third-order valence-electron chi connectivity index (χ3n) is 5.19. The highest BCUT2D eigenvalue weighted by atomic mass is 19.1. The molecule has 2 aromatic rings. The van der Waals surface area contributed by atoms with Gasteiger partial charge in [-0.15, -0.1) is 0 Å². The summed E-state index contributed by atoms with van der Waals surface area (Å²) in [5, 5.41) is 0.361. The Kier molecular flexibility index (Phi) is 5.09. The van der Waals surface area contributed by atoms with Gasteiger partial charge in [-0.25, -0.2) is 9.18 Å². The van der Waals surface area contributed by atoms with Gasteiger partial charge >= 0.3 is 6.03 Å². The van der Waals surface area contributed by atoms with Gasteiger partial charge in [-0.05, 0) is 12.1 Å². The number of benzene rings is 1. The third kappa shape index (κ3) is 3.81. The number of aromatic nitrogens is 1. The molecule has 0 unspecified atom stereocenters. The summed E-state index contributed by atoms with van der Waals surface area (Å²) in [7, 11) is 0. The maximum Gasteiger partial charge on any atom is 0.320 e. The molecule has 3 heterocycles. The van der Waals surface area contributed by atoms with Crippen LogP contribution in [0.2, 0.25) is 0 Å². The lowest BCUT2D eigenvalue weighted by molar-refractivity contribution is 0.0372. The molecule has 8 heteroatoms. The first kappa shape index (κ1) is 17.9. The molecular formula is C19H23FN4O3. The van der Waals surface area contributed by atoms with Crippen LogP contribution in [-0.4, -0.2) is 78.2 Å². The van der Waals surface area contributed by atoms with Gasteiger partial charge in [0.25, 0.3) is 0 Å². The predicted molar refractivity (Wildman–Crippen MR) is 99.2 cm³/mol. The molecule has 27 heavy (non-hydrogen) atoms. The maximum absolute atomic E-state index is 14.0. The van der Waals surface area contributed by atoms with E-state index in [1.54, 1.807) is 6.07 Å². The zero-order valence-corrected chi connectivity index (χ0v) is 15.1. The van der Waals surface area contributed by atoms with Gasteiger partial charge in [0, 0.05) is 63.0 Å². The maximum atomic E-state index is 14.0. The van der Waals surface area contributed by atoms with Crippen molar-refractivity contribution in [2.75, 3.05) is 52.5 Å². The van der Waals surface area contributed by atoms with Crippen molar-refractivity contribution in [3.8, 4) is 0 Å². The largest absolute Gasteiger partial charge is 0.378 e. The van der Waals surface area contributed by atoms with Crippen LogP contribution in [0.4, 0.5) is 9.18 Å². The molecule has 7 nitrogen and oxygen atoms in total. The van der Waals surface area contributed by atoms with Crippen LogP contribution in [0.15, 0.2) is 29.1 Å². The number of urea groups is 1. The topological polar surface area (TPSA) is 68.9 Å². The van der Waals surface area contributed by atoms with Crippen LogP contribution >= 0.6 is 0 Å². The van der Waals surface area contributed by atoms with Crippen LogP contribution < -0.4 is 5.43 Å². The number of carbonyl (C=O) groups excluding carboxylic acids is 1. The van der Waals surface area contributed by atoms with E-state index in [0.717, 1.165) is 0 Å². The van der Waals surface area contributed by atoms with Gasteiger partial charge in [0.2, 0.25) is 0 Å². The smallest absolute Gasteiger partial charge is 0.320 e. The Morgan fingerprint density at radius 1 is 1.07 bits per heavy atom. The molecule has 0 saturated carbocycles. The van der Waals surface area contributed by atoms with E-state index in [-0.39, 0.29) is 17.0 Å². The minimum Gasteiger partial charge on any atom is -0.378 e. The summed E-state index contributed by atoms with van der Waals surface area (Å²) in [5.41, 5.74) is 0.756. The van der Waals surface area contributed by atoms with Gasteiger partial charge in [-0.2, -0.15) is 0 Å². The van der Waals surface area contributed by atoms with Crippen LogP contribution in [0, 0.1) is 5.82 Å². The Labute approximate surface area is 156 Å². The number of para-hydroxylation sites is 1. The zero-order chi connectivity index (χ0) is 18.8. The van der Waals surface area contributed by atoms with Crippen molar-refractivity contribution < 1.29 is 13.9 Å². The number of H-pyrrole nitrogens is 1. The number of morpholine rings is 1. The van der Waals surface area contributed by atoms with Gasteiger partial charge in [-0.1, -0.05) is 6.07 Å². The summed E-state index contributed by atoms with van der Waals surface area (Å²) in [5.74, 6) is -0.424. The van der Waals surface area contributed by atoms with E-state index in [1.807, 2.05) is 9.80 Å². The summed E-state index contributed by atoms with van der Waals surface area (Å²) < 4.78 is 19.3. The first-order valence-electron chi connectivity index (χ1n) is 9.26. The molecule has 0 bridgehead atoms. The van der Waals surface area contributed by atoms with Gasteiger partial charge in [0.1, 0.15) is 5.82 Å². The quantitative estimate of drug-likeness (QED) is 0.859. The summed E-state index contributed by atoms with van der Waals surface area (Å²) in [6.45, 7) is 5.71. The third-order valence-corrected chi connectivity index (χ3v) is 5.19. The fourth-order valence-electron chi connectivity index (χ4n) is 3.67. The van der Waals surface area contributed by atoms with Crippen LogP contribution in [0.3, 0.4) is 0 Å². The van der Waals surface area contributed by atoms with Gasteiger partial charge < -0.3 is 19.5 Å². The molecule has 1 N–H and O–H groups in total. The lowest BCUT2D eigenvalue weighted by Gasteiger charge is -2.38. The molecule has 0 radical (unpaired) electrons. The fourth-order valence-corrected chi connectivity index (χ4v) is 3.67. The summed E-state index contributed by atoms with van der Waals surface area (Å²) in [6, 6.07) is 6.11. The van der Waals surface area contributed by atoms with E-state index in [2.05, 4.69) is 9.88 Å². The average molecular weight is 374 g/mol. The molecule has 144 valence electrons. The lowest BCUT2D eigenvalue weighted by Crippen LogP contribution is -2.54. The normalized spacial score (nSPS) is 18.9. The van der Waals surface area contributed by atoms with Crippen molar-refractivity contribution in [3.63, 3.8) is 0 Å². The van der Waals surface area contributed by atoms with Crippen molar-refractivity contribution >= 4 is 16.9 Å². The molecule has 2 aliphatic rings. The number of amides is 2. The second kappa shape index (κ2) is 7.66. The van der Waals surface area contributed by atoms with Gasteiger partial charge in [0.05, 0.1) is 18.7 Å². The number of piperazine rings is 1. The second-order valence-corrected chi connectivity index (χ2v) is 6.97. The van der Waals surface area contributed by atoms with Crippen LogP contribution in [0.25, 0.3) is 10.9 Å². The van der Waals surface area contributed by atoms with Crippen LogP contribution in [0.5, 0.6) is 0 Å². The molecule has 2 amide bonds. The Bertz CT molecular complexity index is 886. The molecule has 1 aromatic heterocycles. The molecule has 2 fully saturated rings. The lowest BCUT2D eigenvalue weighted by atomic mass is 10.1. The van der Waals surface area contributed by atoms with Gasteiger partial charge in [0.15, 0.2) is 5.43 Å². The van der Waals surface area contributed by atoms with Gasteiger partial charge in [-0.3, -0.25) is 9.69 Å². The Balaban J connectivity index is 1.39. The number of ether oxygens (including phenoxy) is 1. The fraction of sp³-hybridized carbons (Fsp3) is 0.474. The standard InChI is InChI=1S/C19H23FN4O3/c20-16-3-1-2-15-17(25)12-14(21-18(15)16)13-22-4-6-23(7-5-22)19(26)24-8-10-27-11-9-24/h1-3,12H,4-11,13H2,(H,21,25). The Morgan fingerprint density at radius 2 is 1.78 bits per heavy atom. The van der Waals surface area contributed by atoms with Crippen molar-refractivity contribution in [1.82, 2.24) is 19.7 Å². The monoisotopic (exact) mass is 374 g/mol. The number of aromatic amines is 1. The Morgan fingerprint density at radius 3 is 2.52 bits per heavy atom. The predicted octanol–water partition coefficient (Wildman–Crippen LogP) is 1.24. The number of hydrogen-bond acceptors (Lipinski definition) is 4. The number of rotatable bonds is 2. The van der Waals surface area contributed by atoms with Crippen molar-refractivity contribution in [2.45, 2.75) is 6.54 Å². The molecule has 2 aliphatic heterocycles. The number of nitrogens with one attached hydrogen (secondary N) is 1. The summed E-state index contributed by atoms with van der Waals surface area (Å²) in [4.78, 5) is 33.7. The number of nitrogens with zero attached hydrogens (tertiary/aromatic N) is 3. The molecule has 2 saturated heterocycles. The SMILES string of the molecule is O=C(N1CCOCC1)N1CCN(Cc2cc(=O)c3cccc(F)c3[nH]2)CC1. The molecule has 0 aliphatic carbocycles. The highest BCUT2D eigenvalue weighted by molar-refractivity contribution is 5.79. The average Bonchev–Trinajstić information content (AvgIpc) is 2.70. The first-order valence-corrected chi connectivity index (χ1v) is 9.26. The minimum atomic E-state index is -0.424. The van der Waals surface area contributed by atoms with E-state index < -0.39 is 5.82 Å². The van der Waals surface area contributed by atoms with Crippen LogP contribution in [-0.2, 0) is 11.3 Å².